The Labute approximate surface area is 114 Å². The third-order valence-electron chi connectivity index (χ3n) is 4.53. The van der Waals surface area contributed by atoms with Crippen molar-refractivity contribution in [3.8, 4) is 0 Å². The van der Waals surface area contributed by atoms with Crippen molar-refractivity contribution in [3.63, 3.8) is 0 Å². The van der Waals surface area contributed by atoms with Gasteiger partial charge in [-0.05, 0) is 51.2 Å². The molecule has 102 valence electrons. The highest BCUT2D eigenvalue weighted by atomic mass is 32.1. The van der Waals surface area contributed by atoms with Crippen molar-refractivity contribution in [2.45, 2.75) is 32.6 Å². The third kappa shape index (κ3) is 2.67. The fourth-order valence-corrected chi connectivity index (χ4v) is 2.81. The van der Waals surface area contributed by atoms with Gasteiger partial charge in [-0.1, -0.05) is 19.1 Å². The zero-order valence-corrected chi connectivity index (χ0v) is 12.1. The van der Waals surface area contributed by atoms with E-state index >= 15 is 0 Å². The highest BCUT2D eigenvalue weighted by Crippen LogP contribution is 2.46. The summed E-state index contributed by atoms with van der Waals surface area (Å²) in [6, 6.07) is 0. The van der Waals surface area contributed by atoms with Crippen molar-refractivity contribution in [3.05, 3.63) is 0 Å². The van der Waals surface area contributed by atoms with Gasteiger partial charge in [0, 0.05) is 6.54 Å². The summed E-state index contributed by atoms with van der Waals surface area (Å²) in [6.07, 6.45) is 3.88. The van der Waals surface area contributed by atoms with E-state index in [0.29, 0.717) is 4.99 Å². The van der Waals surface area contributed by atoms with Crippen LogP contribution in [0.15, 0.2) is 0 Å². The van der Waals surface area contributed by atoms with Gasteiger partial charge in [0.1, 0.15) is 0 Å². The monoisotopic (exact) mass is 269 g/mol. The zero-order valence-electron chi connectivity index (χ0n) is 11.3. The average Bonchev–Trinajstić information content (AvgIpc) is 3.12. The van der Waals surface area contributed by atoms with Gasteiger partial charge < -0.3 is 16.0 Å². The van der Waals surface area contributed by atoms with Crippen LogP contribution in [0.1, 0.15) is 32.6 Å². The van der Waals surface area contributed by atoms with E-state index in [1.165, 1.54) is 0 Å². The molecule has 3 N–H and O–H groups in total. The lowest BCUT2D eigenvalue weighted by Gasteiger charge is -2.38. The fourth-order valence-electron chi connectivity index (χ4n) is 2.51. The Balaban J connectivity index is 1.85. The van der Waals surface area contributed by atoms with E-state index in [4.69, 9.17) is 18.0 Å². The predicted octanol–water partition coefficient (Wildman–Crippen LogP) is 0.901. The minimum absolute atomic E-state index is 0.0372. The van der Waals surface area contributed by atoms with Crippen molar-refractivity contribution in [1.29, 1.82) is 0 Å². The molecule has 0 aromatic carbocycles. The minimum atomic E-state index is -0.517. The lowest BCUT2D eigenvalue weighted by atomic mass is 9.80. The molecular weight excluding hydrogens is 246 g/mol. The molecule has 1 amide bonds. The molecule has 2 fully saturated rings. The zero-order chi connectivity index (χ0) is 13.4. The molecule has 18 heavy (non-hydrogen) atoms. The van der Waals surface area contributed by atoms with E-state index < -0.39 is 5.41 Å². The Bertz CT molecular complexity index is 357. The van der Waals surface area contributed by atoms with Gasteiger partial charge in [-0.3, -0.25) is 4.79 Å². The van der Waals surface area contributed by atoms with Crippen LogP contribution < -0.4 is 11.1 Å². The predicted molar refractivity (Wildman–Crippen MR) is 76.3 cm³/mol. The van der Waals surface area contributed by atoms with Gasteiger partial charge in [0.25, 0.3) is 0 Å². The number of carbonyl (C=O) groups excluding carboxylic acids is 1. The van der Waals surface area contributed by atoms with Gasteiger partial charge in [-0.15, -0.1) is 0 Å². The van der Waals surface area contributed by atoms with E-state index in [1.54, 1.807) is 0 Å². The van der Waals surface area contributed by atoms with Crippen LogP contribution in [-0.4, -0.2) is 42.5 Å². The van der Waals surface area contributed by atoms with E-state index in [-0.39, 0.29) is 11.3 Å². The number of nitrogens with zero attached hydrogens (tertiary/aromatic N) is 1. The first-order valence-corrected chi connectivity index (χ1v) is 7.06. The van der Waals surface area contributed by atoms with Gasteiger partial charge in [0.05, 0.1) is 10.4 Å². The van der Waals surface area contributed by atoms with Gasteiger partial charge in [0.2, 0.25) is 5.91 Å². The molecule has 2 aliphatic rings. The number of hydrogen-bond acceptors (Lipinski definition) is 3. The van der Waals surface area contributed by atoms with Crippen molar-refractivity contribution in [2.75, 3.05) is 26.7 Å². The lowest BCUT2D eigenvalue weighted by Crippen LogP contribution is -2.47. The number of nitrogens with two attached hydrogens (primary N) is 1. The first kappa shape index (κ1) is 13.7. The average molecular weight is 269 g/mol. The minimum Gasteiger partial charge on any atom is -0.392 e. The second kappa shape index (κ2) is 4.78. The summed E-state index contributed by atoms with van der Waals surface area (Å²) in [5.41, 5.74) is 5.36. The first-order chi connectivity index (χ1) is 8.38. The maximum absolute atomic E-state index is 12.1. The number of hydrogen-bond donors (Lipinski definition) is 2. The van der Waals surface area contributed by atoms with Crippen molar-refractivity contribution >= 4 is 23.1 Å². The Morgan fingerprint density at radius 3 is 2.33 bits per heavy atom. The van der Waals surface area contributed by atoms with Crippen LogP contribution in [0, 0.1) is 10.8 Å². The number of amides is 1. The molecule has 2 rings (SSSR count). The smallest absolute Gasteiger partial charge is 0.233 e. The molecule has 1 aliphatic heterocycles. The molecular formula is C13H23N3OS. The standard InChI is InChI=1S/C13H23N3OS/c1-12(5-7-16(2)8-6-12)9-15-11(17)13(3-4-13)10(14)18/h3-9H2,1-2H3,(H2,14,18)(H,15,17). The summed E-state index contributed by atoms with van der Waals surface area (Å²) in [6.45, 7) is 5.20. The summed E-state index contributed by atoms with van der Waals surface area (Å²) in [7, 11) is 2.14. The largest absolute Gasteiger partial charge is 0.392 e. The van der Waals surface area contributed by atoms with Gasteiger partial charge in [-0.25, -0.2) is 0 Å². The highest BCUT2D eigenvalue weighted by molar-refractivity contribution is 7.80. The molecule has 0 radical (unpaired) electrons. The summed E-state index contributed by atoms with van der Waals surface area (Å²) in [5.74, 6) is 0.0372. The molecule has 0 atom stereocenters. The molecule has 0 aromatic rings. The molecule has 1 saturated heterocycles. The number of rotatable bonds is 4. The SMILES string of the molecule is CN1CCC(C)(CNC(=O)C2(C(N)=S)CC2)CC1. The Hall–Kier alpha value is -0.680. The quantitative estimate of drug-likeness (QED) is 0.745. The Kier molecular flexibility index (Phi) is 3.65. The Morgan fingerprint density at radius 2 is 1.89 bits per heavy atom. The number of carbonyl (C=O) groups is 1. The molecule has 0 unspecified atom stereocenters. The third-order valence-corrected chi connectivity index (χ3v) is 4.92. The van der Waals surface area contributed by atoms with E-state index in [1.807, 2.05) is 0 Å². The van der Waals surface area contributed by atoms with Crippen LogP contribution in [-0.2, 0) is 4.79 Å². The van der Waals surface area contributed by atoms with Crippen molar-refractivity contribution in [2.24, 2.45) is 16.6 Å². The number of likely N-dealkylation sites (tertiary alicyclic amines) is 1. The Morgan fingerprint density at radius 1 is 1.33 bits per heavy atom. The van der Waals surface area contributed by atoms with Crippen molar-refractivity contribution < 1.29 is 4.79 Å². The van der Waals surface area contributed by atoms with Crippen LogP contribution in [0.25, 0.3) is 0 Å². The molecule has 1 saturated carbocycles. The van der Waals surface area contributed by atoms with Crippen LogP contribution in [0.2, 0.25) is 0 Å². The first-order valence-electron chi connectivity index (χ1n) is 6.65. The second-order valence-electron chi connectivity index (χ2n) is 6.24. The van der Waals surface area contributed by atoms with E-state index in [0.717, 1.165) is 45.3 Å². The molecule has 0 spiro atoms. The van der Waals surface area contributed by atoms with E-state index in [9.17, 15) is 4.79 Å². The lowest BCUT2D eigenvalue weighted by molar-refractivity contribution is -0.124. The molecule has 5 heteroatoms. The molecule has 1 aliphatic carbocycles. The van der Waals surface area contributed by atoms with Gasteiger partial charge in [-0.2, -0.15) is 0 Å². The maximum atomic E-state index is 12.1. The summed E-state index contributed by atoms with van der Waals surface area (Å²) in [4.78, 5) is 14.8. The second-order valence-corrected chi connectivity index (χ2v) is 6.68. The molecule has 1 heterocycles. The summed E-state index contributed by atoms with van der Waals surface area (Å²) < 4.78 is 0. The number of piperidine rings is 1. The van der Waals surface area contributed by atoms with Crippen LogP contribution in [0.4, 0.5) is 0 Å². The summed E-state index contributed by atoms with van der Waals surface area (Å²) in [5, 5.41) is 3.07. The van der Waals surface area contributed by atoms with Crippen LogP contribution >= 0.6 is 12.2 Å². The molecule has 0 aromatic heterocycles. The van der Waals surface area contributed by atoms with Crippen LogP contribution in [0.5, 0.6) is 0 Å². The van der Waals surface area contributed by atoms with Crippen LogP contribution in [0.3, 0.4) is 0 Å². The summed E-state index contributed by atoms with van der Waals surface area (Å²) >= 11 is 4.99. The highest BCUT2D eigenvalue weighted by Gasteiger charge is 2.52. The molecule has 4 nitrogen and oxygen atoms in total. The van der Waals surface area contributed by atoms with Gasteiger partial charge in [0.15, 0.2) is 0 Å². The number of thiocarbonyl (C=S) groups is 1. The van der Waals surface area contributed by atoms with Crippen molar-refractivity contribution in [1.82, 2.24) is 10.2 Å². The topological polar surface area (TPSA) is 58.4 Å². The molecule has 0 bridgehead atoms. The number of nitrogens with one attached hydrogen (secondary N) is 1. The fraction of sp³-hybridized carbons (Fsp3) is 0.846. The normalized spacial score (nSPS) is 25.4. The van der Waals surface area contributed by atoms with E-state index in [2.05, 4.69) is 24.2 Å². The maximum Gasteiger partial charge on any atom is 0.233 e. The van der Waals surface area contributed by atoms with Gasteiger partial charge >= 0.3 is 0 Å².